The van der Waals surface area contributed by atoms with E-state index in [4.69, 9.17) is 14.2 Å². The van der Waals surface area contributed by atoms with Crippen LogP contribution in [-0.2, 0) is 19.0 Å². The molecule has 8 atom stereocenters. The van der Waals surface area contributed by atoms with Crippen LogP contribution in [0.5, 0.6) is 0 Å². The lowest BCUT2D eigenvalue weighted by Gasteiger charge is -2.58. The van der Waals surface area contributed by atoms with Crippen molar-refractivity contribution in [1.29, 1.82) is 0 Å². The molecule has 0 bridgehead atoms. The van der Waals surface area contributed by atoms with Gasteiger partial charge in [-0.1, -0.05) is 137 Å². The first-order chi connectivity index (χ1) is 30.0. The van der Waals surface area contributed by atoms with E-state index in [1.807, 2.05) is 0 Å². The first-order valence-electron chi connectivity index (χ1n) is 27.5. The molecule has 6 nitrogen and oxygen atoms in total. The molecule has 0 aliphatic heterocycles. The normalized spacial score (nSPS) is 27.7. The van der Waals surface area contributed by atoms with E-state index < -0.39 is 0 Å². The SMILES string of the molecule is CCCCCCOC(CCCCCCN(CCCCO)CCCCCC(=O)OC1CCC2(C)C(=CCC3C2CCC2(C)C(C(C)CCCC(C)C)CCC32)C1)OCCCCCC. The minimum Gasteiger partial charge on any atom is -0.462 e. The predicted molar refractivity (Wildman–Crippen MR) is 261 cm³/mol. The molecule has 6 heteroatoms. The molecule has 62 heavy (non-hydrogen) atoms. The molecule has 0 radical (unpaired) electrons. The average molecular weight is 870 g/mol. The van der Waals surface area contributed by atoms with Crippen molar-refractivity contribution in [2.24, 2.45) is 46.3 Å². The number of ether oxygens (including phenoxy) is 3. The zero-order valence-electron chi connectivity index (χ0n) is 42.2. The first-order valence-corrected chi connectivity index (χ1v) is 27.5. The fourth-order valence-electron chi connectivity index (χ4n) is 13.3. The molecule has 0 aromatic rings. The van der Waals surface area contributed by atoms with E-state index in [1.165, 1.54) is 116 Å². The van der Waals surface area contributed by atoms with Gasteiger partial charge in [-0.05, 0) is 169 Å². The number of aliphatic hydroxyl groups is 1. The molecule has 3 saturated carbocycles. The minimum absolute atomic E-state index is 0.0201. The third kappa shape index (κ3) is 17.4. The number of aliphatic hydroxyl groups excluding tert-OH is 1. The van der Waals surface area contributed by atoms with E-state index in [0.29, 0.717) is 17.3 Å². The van der Waals surface area contributed by atoms with Crippen LogP contribution in [0.1, 0.15) is 241 Å². The summed E-state index contributed by atoms with van der Waals surface area (Å²) < 4.78 is 18.6. The van der Waals surface area contributed by atoms with Crippen molar-refractivity contribution in [2.75, 3.05) is 39.5 Å². The van der Waals surface area contributed by atoms with Crippen LogP contribution >= 0.6 is 0 Å². The topological polar surface area (TPSA) is 68.2 Å². The Morgan fingerprint density at radius 2 is 1.35 bits per heavy atom. The second kappa shape index (κ2) is 29.6. The number of hydrogen-bond acceptors (Lipinski definition) is 6. The Bertz CT molecular complexity index is 1210. The minimum atomic E-state index is -0.0433. The maximum Gasteiger partial charge on any atom is 0.306 e. The number of esters is 1. The largest absolute Gasteiger partial charge is 0.462 e. The van der Waals surface area contributed by atoms with Gasteiger partial charge in [-0.15, -0.1) is 0 Å². The quantitative estimate of drug-likeness (QED) is 0.0296. The molecular weight excluding hydrogens is 767 g/mol. The van der Waals surface area contributed by atoms with E-state index in [-0.39, 0.29) is 25.0 Å². The standard InChI is InChI=1S/C56H103NO5/c1-8-10-12-23-42-60-54(61-43-24-13-11-9-2)29-18-14-15-19-38-57(40-21-22-41-58)39-20-16-17-28-53(59)62-48-34-36-55(6)47(44-48)30-31-49-51-33-32-50(46(5)27-25-26-45(3)4)56(51,7)37-35-52(49)55/h30,45-46,48-52,54,58H,8-29,31-44H2,1-7H3. The summed E-state index contributed by atoms with van der Waals surface area (Å²) in [5.41, 5.74) is 2.45. The predicted octanol–water partition coefficient (Wildman–Crippen LogP) is 15.0. The highest BCUT2D eigenvalue weighted by Crippen LogP contribution is 2.67. The summed E-state index contributed by atoms with van der Waals surface area (Å²) in [7, 11) is 0. The van der Waals surface area contributed by atoms with E-state index in [1.54, 1.807) is 5.57 Å². The van der Waals surface area contributed by atoms with Gasteiger partial charge in [0.15, 0.2) is 6.29 Å². The van der Waals surface area contributed by atoms with Gasteiger partial charge < -0.3 is 24.2 Å². The van der Waals surface area contributed by atoms with Gasteiger partial charge in [0.25, 0.3) is 0 Å². The lowest BCUT2D eigenvalue weighted by atomic mass is 9.47. The highest BCUT2D eigenvalue weighted by molar-refractivity contribution is 5.69. The lowest BCUT2D eigenvalue weighted by Crippen LogP contribution is -2.51. The zero-order chi connectivity index (χ0) is 44.6. The van der Waals surface area contributed by atoms with Crippen LogP contribution in [0, 0.1) is 46.3 Å². The molecule has 0 heterocycles. The Morgan fingerprint density at radius 3 is 2.02 bits per heavy atom. The highest BCUT2D eigenvalue weighted by atomic mass is 16.7. The summed E-state index contributed by atoms with van der Waals surface area (Å²) in [5, 5.41) is 9.42. The molecule has 0 aromatic carbocycles. The molecule has 4 aliphatic rings. The van der Waals surface area contributed by atoms with Gasteiger partial charge in [0.05, 0.1) is 0 Å². The van der Waals surface area contributed by atoms with Gasteiger partial charge in [0, 0.05) is 32.7 Å². The Kier molecular flexibility index (Phi) is 25.7. The molecule has 3 fully saturated rings. The fourth-order valence-corrected chi connectivity index (χ4v) is 13.3. The third-order valence-corrected chi connectivity index (χ3v) is 17.1. The maximum atomic E-state index is 13.2. The van der Waals surface area contributed by atoms with Crippen LogP contribution in [0.3, 0.4) is 0 Å². The average Bonchev–Trinajstić information content (AvgIpc) is 3.61. The van der Waals surface area contributed by atoms with Crippen LogP contribution in [-0.4, -0.2) is 67.8 Å². The number of allylic oxidation sites excluding steroid dienone is 1. The number of unbranched alkanes of at least 4 members (excludes halogenated alkanes) is 12. The molecular formula is C56H103NO5. The second-order valence-corrected chi connectivity index (χ2v) is 22.2. The number of carbonyl (C=O) groups is 1. The van der Waals surface area contributed by atoms with Gasteiger partial charge in [-0.3, -0.25) is 4.79 Å². The van der Waals surface area contributed by atoms with Crippen LogP contribution in [0.25, 0.3) is 0 Å². The molecule has 4 aliphatic carbocycles. The van der Waals surface area contributed by atoms with Gasteiger partial charge in [0.1, 0.15) is 6.10 Å². The summed E-state index contributed by atoms with van der Waals surface area (Å²) in [6, 6.07) is 0. The smallest absolute Gasteiger partial charge is 0.306 e. The van der Waals surface area contributed by atoms with Crippen molar-refractivity contribution in [1.82, 2.24) is 4.90 Å². The molecule has 8 unspecified atom stereocenters. The fraction of sp³-hybridized carbons (Fsp3) is 0.946. The second-order valence-electron chi connectivity index (χ2n) is 22.2. The Balaban J connectivity index is 1.12. The summed E-state index contributed by atoms with van der Waals surface area (Å²) in [6.07, 6.45) is 38.3. The molecule has 362 valence electrons. The van der Waals surface area contributed by atoms with Crippen LogP contribution in [0.15, 0.2) is 11.6 Å². The van der Waals surface area contributed by atoms with Gasteiger partial charge in [-0.25, -0.2) is 0 Å². The number of fused-ring (bicyclic) bond motifs is 5. The van der Waals surface area contributed by atoms with E-state index in [2.05, 4.69) is 59.4 Å². The van der Waals surface area contributed by atoms with Crippen molar-refractivity contribution >= 4 is 5.97 Å². The van der Waals surface area contributed by atoms with Crippen molar-refractivity contribution < 1.29 is 24.1 Å². The monoisotopic (exact) mass is 870 g/mol. The van der Waals surface area contributed by atoms with Gasteiger partial charge >= 0.3 is 5.97 Å². The van der Waals surface area contributed by atoms with Gasteiger partial charge in [0.2, 0.25) is 0 Å². The Morgan fingerprint density at radius 1 is 0.710 bits per heavy atom. The first kappa shape index (κ1) is 53.7. The van der Waals surface area contributed by atoms with E-state index in [0.717, 1.165) is 139 Å². The maximum absolute atomic E-state index is 13.2. The van der Waals surface area contributed by atoms with E-state index in [9.17, 15) is 9.90 Å². The zero-order valence-corrected chi connectivity index (χ0v) is 42.2. The molecule has 1 N–H and O–H groups in total. The molecule has 0 aromatic heterocycles. The molecule has 0 saturated heterocycles. The number of carbonyl (C=O) groups excluding carboxylic acids is 1. The Hall–Kier alpha value is -0.950. The summed E-state index contributed by atoms with van der Waals surface area (Å²) in [5.74, 6) is 5.15. The number of hydrogen-bond donors (Lipinski definition) is 1. The molecule has 4 rings (SSSR count). The van der Waals surface area contributed by atoms with Crippen LogP contribution in [0.4, 0.5) is 0 Å². The molecule has 0 spiro atoms. The lowest BCUT2D eigenvalue weighted by molar-refractivity contribution is -0.151. The third-order valence-electron chi connectivity index (χ3n) is 17.1. The van der Waals surface area contributed by atoms with Crippen molar-refractivity contribution in [3.8, 4) is 0 Å². The van der Waals surface area contributed by atoms with Gasteiger partial charge in [-0.2, -0.15) is 0 Å². The Labute approximate surface area is 384 Å². The number of nitrogens with zero attached hydrogens (tertiary/aromatic N) is 1. The van der Waals surface area contributed by atoms with Crippen LogP contribution in [0.2, 0.25) is 0 Å². The van der Waals surface area contributed by atoms with Crippen molar-refractivity contribution in [3.05, 3.63) is 11.6 Å². The number of rotatable bonds is 35. The highest BCUT2D eigenvalue weighted by Gasteiger charge is 2.59. The van der Waals surface area contributed by atoms with Crippen LogP contribution < -0.4 is 0 Å². The summed E-state index contributed by atoms with van der Waals surface area (Å²) >= 11 is 0. The van der Waals surface area contributed by atoms with E-state index >= 15 is 0 Å². The van der Waals surface area contributed by atoms with Crippen molar-refractivity contribution in [2.45, 2.75) is 253 Å². The van der Waals surface area contributed by atoms with Crippen molar-refractivity contribution in [3.63, 3.8) is 0 Å². The summed E-state index contributed by atoms with van der Waals surface area (Å²) in [6.45, 7) is 22.3. The summed E-state index contributed by atoms with van der Waals surface area (Å²) in [4.78, 5) is 15.8. The molecule has 0 amide bonds.